The summed E-state index contributed by atoms with van der Waals surface area (Å²) in [6, 6.07) is 18.4. The lowest BCUT2D eigenvalue weighted by Gasteiger charge is -2.12. The Morgan fingerprint density at radius 3 is 2.33 bits per heavy atom. The molecule has 0 saturated heterocycles. The molecule has 0 atom stereocenters. The van der Waals surface area contributed by atoms with Crippen LogP contribution in [0, 0.1) is 0 Å². The van der Waals surface area contributed by atoms with Crippen molar-refractivity contribution in [1.29, 1.82) is 0 Å². The van der Waals surface area contributed by atoms with Crippen LogP contribution in [0.2, 0.25) is 0 Å². The molecule has 0 aliphatic carbocycles. The minimum absolute atomic E-state index is 0.0918. The van der Waals surface area contributed by atoms with E-state index in [4.69, 9.17) is 5.14 Å². The first-order valence-corrected chi connectivity index (χ1v) is 10.8. The zero-order chi connectivity index (χ0) is 21.3. The highest BCUT2D eigenvalue weighted by molar-refractivity contribution is 7.89. The maximum atomic E-state index is 11.4. The number of anilines is 2. The van der Waals surface area contributed by atoms with Gasteiger partial charge < -0.3 is 10.2 Å². The predicted octanol–water partition coefficient (Wildman–Crippen LogP) is 2.72. The average molecular weight is 423 g/mol. The number of benzene rings is 2. The van der Waals surface area contributed by atoms with E-state index in [0.29, 0.717) is 12.4 Å². The molecule has 0 aliphatic rings. The molecule has 154 valence electrons. The Kier molecular flexibility index (Phi) is 5.15. The van der Waals surface area contributed by atoms with Gasteiger partial charge in [0, 0.05) is 31.9 Å². The summed E-state index contributed by atoms with van der Waals surface area (Å²) in [7, 11) is 0.321. The van der Waals surface area contributed by atoms with Gasteiger partial charge in [0.2, 0.25) is 10.0 Å². The van der Waals surface area contributed by atoms with E-state index in [1.165, 1.54) is 12.1 Å². The largest absolute Gasteiger partial charge is 0.378 e. The fraction of sp³-hybridized carbons (Fsp3) is 0.143. The average Bonchev–Trinajstić information content (AvgIpc) is 3.15. The third-order valence-corrected chi connectivity index (χ3v) is 5.70. The number of hydrogen-bond acceptors (Lipinski definition) is 6. The first kappa shape index (κ1) is 19.9. The van der Waals surface area contributed by atoms with Gasteiger partial charge in [0.25, 0.3) is 0 Å². The van der Waals surface area contributed by atoms with Gasteiger partial charge in [-0.25, -0.2) is 23.1 Å². The Hall–Kier alpha value is -3.43. The Labute approximate surface area is 175 Å². The van der Waals surface area contributed by atoms with Crippen molar-refractivity contribution >= 4 is 27.2 Å². The highest BCUT2D eigenvalue weighted by atomic mass is 32.2. The molecule has 8 nitrogen and oxygen atoms in total. The molecule has 0 bridgehead atoms. The standard InChI is InChI=1S/C21H22N6O2S/c1-26(2)17-7-5-16(6-8-17)19-14-24-21-12-11-20(25-27(19)21)23-13-15-3-9-18(10-4-15)30(22,28)29/h3-12,14H,13H2,1-2H3,(H,23,25)(H2,22,28,29). The Balaban J connectivity index is 1.55. The van der Waals surface area contributed by atoms with Crippen LogP contribution < -0.4 is 15.4 Å². The van der Waals surface area contributed by atoms with Crippen molar-refractivity contribution in [1.82, 2.24) is 14.6 Å². The molecule has 9 heteroatoms. The van der Waals surface area contributed by atoms with Crippen molar-refractivity contribution in [3.8, 4) is 11.3 Å². The highest BCUT2D eigenvalue weighted by Crippen LogP contribution is 2.23. The van der Waals surface area contributed by atoms with E-state index in [9.17, 15) is 8.42 Å². The molecule has 0 saturated carbocycles. The number of aromatic nitrogens is 3. The number of nitrogens with two attached hydrogens (primary N) is 1. The molecule has 0 amide bonds. The van der Waals surface area contributed by atoms with Crippen LogP contribution in [0.15, 0.2) is 71.8 Å². The molecule has 2 aromatic carbocycles. The number of hydrogen-bond donors (Lipinski definition) is 2. The smallest absolute Gasteiger partial charge is 0.238 e. The molecule has 3 N–H and O–H groups in total. The third kappa shape index (κ3) is 4.12. The number of sulfonamides is 1. The van der Waals surface area contributed by atoms with Crippen molar-refractivity contribution in [2.24, 2.45) is 5.14 Å². The lowest BCUT2D eigenvalue weighted by molar-refractivity contribution is 0.598. The van der Waals surface area contributed by atoms with Gasteiger partial charge in [0.05, 0.1) is 16.8 Å². The van der Waals surface area contributed by atoms with Crippen molar-refractivity contribution in [2.75, 3.05) is 24.3 Å². The van der Waals surface area contributed by atoms with E-state index >= 15 is 0 Å². The van der Waals surface area contributed by atoms with Crippen molar-refractivity contribution in [3.63, 3.8) is 0 Å². The molecular weight excluding hydrogens is 400 g/mol. The Morgan fingerprint density at radius 1 is 1.00 bits per heavy atom. The lowest BCUT2D eigenvalue weighted by Crippen LogP contribution is -2.12. The van der Waals surface area contributed by atoms with Gasteiger partial charge in [-0.2, -0.15) is 0 Å². The van der Waals surface area contributed by atoms with Crippen molar-refractivity contribution in [3.05, 3.63) is 72.4 Å². The molecule has 0 aliphatic heterocycles. The maximum Gasteiger partial charge on any atom is 0.238 e. The second kappa shape index (κ2) is 7.77. The summed E-state index contributed by atoms with van der Waals surface area (Å²) in [4.78, 5) is 6.58. The predicted molar refractivity (Wildman–Crippen MR) is 118 cm³/mol. The molecule has 0 fully saturated rings. The summed E-state index contributed by atoms with van der Waals surface area (Å²) in [5, 5.41) is 13.0. The van der Waals surface area contributed by atoms with E-state index in [1.807, 2.05) is 49.5 Å². The summed E-state index contributed by atoms with van der Waals surface area (Å²) in [6.07, 6.45) is 1.81. The van der Waals surface area contributed by atoms with Crippen LogP contribution in [0.25, 0.3) is 16.9 Å². The molecule has 0 radical (unpaired) electrons. The highest BCUT2D eigenvalue weighted by Gasteiger charge is 2.09. The number of nitrogens with one attached hydrogen (secondary N) is 1. The molecule has 2 aromatic heterocycles. The summed E-state index contributed by atoms with van der Waals surface area (Å²) in [5.41, 5.74) is 4.71. The number of fused-ring (bicyclic) bond motifs is 1. The molecule has 0 unspecified atom stereocenters. The van der Waals surface area contributed by atoms with Crippen molar-refractivity contribution in [2.45, 2.75) is 11.4 Å². The minimum atomic E-state index is -3.69. The van der Waals surface area contributed by atoms with Gasteiger partial charge in [0.1, 0.15) is 5.82 Å². The summed E-state index contributed by atoms with van der Waals surface area (Å²) >= 11 is 0. The Bertz CT molecular complexity index is 1280. The van der Waals surface area contributed by atoms with Crippen LogP contribution in [-0.4, -0.2) is 37.1 Å². The molecule has 4 rings (SSSR count). The number of primary sulfonamides is 1. The third-order valence-electron chi connectivity index (χ3n) is 4.77. The first-order valence-electron chi connectivity index (χ1n) is 9.29. The summed E-state index contributed by atoms with van der Waals surface area (Å²) < 4.78 is 24.5. The Morgan fingerprint density at radius 2 is 1.70 bits per heavy atom. The minimum Gasteiger partial charge on any atom is -0.378 e. The lowest BCUT2D eigenvalue weighted by atomic mass is 10.1. The second-order valence-corrected chi connectivity index (χ2v) is 8.68. The van der Waals surface area contributed by atoms with Crippen LogP contribution >= 0.6 is 0 Å². The van der Waals surface area contributed by atoms with Gasteiger partial charge in [-0.05, 0) is 42.0 Å². The number of nitrogens with zero attached hydrogens (tertiary/aromatic N) is 4. The van der Waals surface area contributed by atoms with Gasteiger partial charge in [0.15, 0.2) is 5.65 Å². The van der Waals surface area contributed by atoms with E-state index < -0.39 is 10.0 Å². The molecule has 0 spiro atoms. The summed E-state index contributed by atoms with van der Waals surface area (Å²) in [5.74, 6) is 0.683. The van der Waals surface area contributed by atoms with Crippen LogP contribution in [0.1, 0.15) is 5.56 Å². The SMILES string of the molecule is CN(C)c1ccc(-c2cnc3ccc(NCc4ccc(S(N)(=O)=O)cc4)nn23)cc1. The quantitative estimate of drug-likeness (QED) is 0.495. The monoisotopic (exact) mass is 422 g/mol. The van der Waals surface area contributed by atoms with Gasteiger partial charge in [-0.1, -0.05) is 24.3 Å². The molecule has 4 aromatic rings. The van der Waals surface area contributed by atoms with E-state index in [1.54, 1.807) is 16.6 Å². The van der Waals surface area contributed by atoms with Gasteiger partial charge in [-0.15, -0.1) is 5.10 Å². The van der Waals surface area contributed by atoms with Crippen LogP contribution in [0.5, 0.6) is 0 Å². The number of rotatable bonds is 6. The van der Waals surface area contributed by atoms with Crippen LogP contribution in [0.4, 0.5) is 11.5 Å². The zero-order valence-corrected chi connectivity index (χ0v) is 17.5. The molecule has 2 heterocycles. The van der Waals surface area contributed by atoms with Gasteiger partial charge in [-0.3, -0.25) is 0 Å². The maximum absolute atomic E-state index is 11.4. The van der Waals surface area contributed by atoms with E-state index in [2.05, 4.69) is 27.5 Å². The van der Waals surface area contributed by atoms with Gasteiger partial charge >= 0.3 is 0 Å². The topological polar surface area (TPSA) is 106 Å². The zero-order valence-electron chi connectivity index (χ0n) is 16.6. The number of imidazole rings is 1. The second-order valence-electron chi connectivity index (χ2n) is 7.12. The van der Waals surface area contributed by atoms with E-state index in [-0.39, 0.29) is 4.90 Å². The fourth-order valence-electron chi connectivity index (χ4n) is 3.08. The van der Waals surface area contributed by atoms with Crippen molar-refractivity contribution < 1.29 is 8.42 Å². The molecular formula is C21H22N6O2S. The first-order chi connectivity index (χ1) is 14.3. The van der Waals surface area contributed by atoms with E-state index in [0.717, 1.165) is 28.2 Å². The van der Waals surface area contributed by atoms with Crippen LogP contribution in [-0.2, 0) is 16.6 Å². The fourth-order valence-corrected chi connectivity index (χ4v) is 3.60. The summed E-state index contributed by atoms with van der Waals surface area (Å²) in [6.45, 7) is 0.491. The molecule has 30 heavy (non-hydrogen) atoms. The van der Waals surface area contributed by atoms with Crippen LogP contribution in [0.3, 0.4) is 0 Å². The normalized spacial score (nSPS) is 11.6.